The summed E-state index contributed by atoms with van der Waals surface area (Å²) >= 11 is 0. The Morgan fingerprint density at radius 3 is 2.80 bits per heavy atom. The van der Waals surface area contributed by atoms with Crippen LogP contribution < -0.4 is 15.4 Å². The summed E-state index contributed by atoms with van der Waals surface area (Å²) in [4.78, 5) is 11.5. The van der Waals surface area contributed by atoms with E-state index in [9.17, 15) is 9.90 Å². The summed E-state index contributed by atoms with van der Waals surface area (Å²) in [6.45, 7) is 3.58. The molecule has 1 aliphatic rings. The highest BCUT2D eigenvalue weighted by atomic mass is 16.5. The summed E-state index contributed by atoms with van der Waals surface area (Å²) in [6.07, 6.45) is -0.945. The molecule has 0 saturated carbocycles. The van der Waals surface area contributed by atoms with E-state index >= 15 is 0 Å². The van der Waals surface area contributed by atoms with Crippen LogP contribution in [0.5, 0.6) is 5.75 Å². The van der Waals surface area contributed by atoms with Gasteiger partial charge in [0.2, 0.25) is 0 Å². The van der Waals surface area contributed by atoms with E-state index in [1.807, 2.05) is 6.07 Å². The molecule has 0 aliphatic carbocycles. The van der Waals surface area contributed by atoms with Crippen molar-refractivity contribution in [3.8, 4) is 11.8 Å². The van der Waals surface area contributed by atoms with Crippen molar-refractivity contribution in [1.29, 1.82) is 5.26 Å². The third-order valence-corrected chi connectivity index (χ3v) is 3.41. The molecule has 2 atom stereocenters. The number of hydrogen-bond donors (Lipinski definition) is 3. The molecule has 0 spiro atoms. The molecule has 106 valence electrons. The number of aliphatic hydroxyl groups excluding tert-OH is 1. The molecular weight excluding hydrogens is 258 g/mol. The Bertz CT molecular complexity index is 578. The smallest absolute Gasteiger partial charge is 0.314 e. The van der Waals surface area contributed by atoms with Gasteiger partial charge in [0.05, 0.1) is 17.7 Å². The van der Waals surface area contributed by atoms with Crippen LogP contribution in [-0.2, 0) is 0 Å². The number of carbonyl (C=O) groups excluding carboxylic acids is 1. The Morgan fingerprint density at radius 2 is 2.20 bits per heavy atom. The number of rotatable bonds is 1. The first-order valence-corrected chi connectivity index (χ1v) is 6.28. The normalized spacial score (nSPS) is 22.9. The second-order valence-corrected chi connectivity index (χ2v) is 5.22. The van der Waals surface area contributed by atoms with Gasteiger partial charge in [-0.15, -0.1) is 0 Å². The minimum atomic E-state index is -0.945. The molecule has 0 fully saturated rings. The minimum absolute atomic E-state index is 0.398. The van der Waals surface area contributed by atoms with Gasteiger partial charge >= 0.3 is 6.03 Å². The lowest BCUT2D eigenvalue weighted by Crippen LogP contribution is -2.59. The first kappa shape index (κ1) is 14.2. The SMILES string of the molecule is CNC(=O)N[C@@H]1C(O)c2cc(C#N)ccc2OC1(C)C. The van der Waals surface area contributed by atoms with Crippen molar-refractivity contribution in [2.45, 2.75) is 31.6 Å². The summed E-state index contributed by atoms with van der Waals surface area (Å²) in [5.41, 5.74) is 0.169. The molecule has 0 saturated heterocycles. The zero-order chi connectivity index (χ0) is 14.9. The fourth-order valence-electron chi connectivity index (χ4n) is 2.31. The van der Waals surface area contributed by atoms with Crippen LogP contribution in [0.1, 0.15) is 31.1 Å². The van der Waals surface area contributed by atoms with E-state index in [4.69, 9.17) is 10.00 Å². The Labute approximate surface area is 117 Å². The number of ether oxygens (including phenoxy) is 1. The number of nitrogens with zero attached hydrogens (tertiary/aromatic N) is 1. The average Bonchev–Trinajstić information content (AvgIpc) is 2.42. The Morgan fingerprint density at radius 1 is 1.50 bits per heavy atom. The molecule has 3 N–H and O–H groups in total. The van der Waals surface area contributed by atoms with Gasteiger partial charge in [0.1, 0.15) is 17.5 Å². The molecule has 6 heteroatoms. The number of carbonyl (C=O) groups is 1. The van der Waals surface area contributed by atoms with Gasteiger partial charge in [0.15, 0.2) is 0 Å². The van der Waals surface area contributed by atoms with Crippen molar-refractivity contribution in [3.05, 3.63) is 29.3 Å². The summed E-state index contributed by atoms with van der Waals surface area (Å²) in [7, 11) is 1.50. The number of benzene rings is 1. The van der Waals surface area contributed by atoms with Crippen molar-refractivity contribution in [3.63, 3.8) is 0 Å². The van der Waals surface area contributed by atoms with Gasteiger partial charge in [-0.3, -0.25) is 0 Å². The molecule has 1 aromatic rings. The van der Waals surface area contributed by atoms with E-state index in [1.54, 1.807) is 32.0 Å². The van der Waals surface area contributed by atoms with Gasteiger partial charge in [0, 0.05) is 12.6 Å². The molecule has 2 rings (SSSR count). The molecule has 0 bridgehead atoms. The zero-order valence-corrected chi connectivity index (χ0v) is 11.6. The van der Waals surface area contributed by atoms with E-state index in [0.29, 0.717) is 16.9 Å². The molecule has 2 amide bonds. The molecule has 1 aliphatic heterocycles. The van der Waals surface area contributed by atoms with Gasteiger partial charge in [-0.1, -0.05) is 0 Å². The molecule has 6 nitrogen and oxygen atoms in total. The molecule has 20 heavy (non-hydrogen) atoms. The number of amides is 2. The van der Waals surface area contributed by atoms with Crippen LogP contribution in [0.25, 0.3) is 0 Å². The first-order valence-electron chi connectivity index (χ1n) is 6.28. The van der Waals surface area contributed by atoms with Crippen molar-refractivity contribution in [1.82, 2.24) is 10.6 Å². The Balaban J connectivity index is 2.41. The highest BCUT2D eigenvalue weighted by Crippen LogP contribution is 2.40. The average molecular weight is 275 g/mol. The molecular formula is C14H17N3O3. The fraction of sp³-hybridized carbons (Fsp3) is 0.429. The Hall–Kier alpha value is -2.26. The minimum Gasteiger partial charge on any atom is -0.485 e. The van der Waals surface area contributed by atoms with Gasteiger partial charge in [0.25, 0.3) is 0 Å². The largest absolute Gasteiger partial charge is 0.485 e. The summed E-state index contributed by atoms with van der Waals surface area (Å²) in [5, 5.41) is 24.5. The van der Waals surface area contributed by atoms with Crippen molar-refractivity contribution in [2.24, 2.45) is 0 Å². The molecule has 0 radical (unpaired) electrons. The van der Waals surface area contributed by atoms with Crippen LogP contribution in [0, 0.1) is 11.3 Å². The summed E-state index contributed by atoms with van der Waals surface area (Å²) < 4.78 is 5.84. The number of nitriles is 1. The number of urea groups is 1. The predicted molar refractivity (Wildman–Crippen MR) is 72.2 cm³/mol. The number of nitrogens with one attached hydrogen (secondary N) is 2. The van der Waals surface area contributed by atoms with Crippen LogP contribution in [0.2, 0.25) is 0 Å². The van der Waals surface area contributed by atoms with Crippen molar-refractivity contribution < 1.29 is 14.6 Å². The molecule has 1 aromatic carbocycles. The van der Waals surface area contributed by atoms with Crippen LogP contribution in [0.3, 0.4) is 0 Å². The van der Waals surface area contributed by atoms with E-state index in [-0.39, 0.29) is 0 Å². The van der Waals surface area contributed by atoms with Gasteiger partial charge < -0.3 is 20.5 Å². The van der Waals surface area contributed by atoms with Crippen LogP contribution in [0.15, 0.2) is 18.2 Å². The van der Waals surface area contributed by atoms with E-state index in [0.717, 1.165) is 0 Å². The standard InChI is InChI=1S/C14H17N3O3/c1-14(2)12(17-13(19)16-3)11(18)9-6-8(7-15)4-5-10(9)20-14/h4-6,11-12,18H,1-3H3,(H2,16,17,19)/t11?,12-/m1/s1. The zero-order valence-electron chi connectivity index (χ0n) is 11.6. The molecule has 1 heterocycles. The quantitative estimate of drug-likeness (QED) is 0.714. The maximum absolute atomic E-state index is 11.5. The third-order valence-electron chi connectivity index (χ3n) is 3.41. The second kappa shape index (κ2) is 5.02. The number of fused-ring (bicyclic) bond motifs is 1. The molecule has 1 unspecified atom stereocenters. The number of hydrogen-bond acceptors (Lipinski definition) is 4. The van der Waals surface area contributed by atoms with Crippen LogP contribution in [0.4, 0.5) is 4.79 Å². The lowest BCUT2D eigenvalue weighted by Gasteiger charge is -2.43. The van der Waals surface area contributed by atoms with Crippen molar-refractivity contribution in [2.75, 3.05) is 7.05 Å². The highest BCUT2D eigenvalue weighted by Gasteiger charge is 2.44. The highest BCUT2D eigenvalue weighted by molar-refractivity contribution is 5.74. The maximum Gasteiger partial charge on any atom is 0.314 e. The maximum atomic E-state index is 11.5. The van der Waals surface area contributed by atoms with Crippen LogP contribution in [-0.4, -0.2) is 29.8 Å². The van der Waals surface area contributed by atoms with Gasteiger partial charge in [-0.2, -0.15) is 5.26 Å². The lowest BCUT2D eigenvalue weighted by atomic mass is 9.85. The lowest BCUT2D eigenvalue weighted by molar-refractivity contribution is -0.0228. The molecule has 0 aromatic heterocycles. The predicted octanol–water partition coefficient (Wildman–Crippen LogP) is 1.06. The fourth-order valence-corrected chi connectivity index (χ4v) is 2.31. The number of aliphatic hydroxyl groups is 1. The van der Waals surface area contributed by atoms with Crippen molar-refractivity contribution >= 4 is 6.03 Å². The summed E-state index contributed by atoms with van der Waals surface area (Å²) in [5.74, 6) is 0.524. The van der Waals surface area contributed by atoms with E-state index < -0.39 is 23.8 Å². The first-order chi connectivity index (χ1) is 9.39. The summed E-state index contributed by atoms with van der Waals surface area (Å²) in [6, 6.07) is 5.87. The third kappa shape index (κ3) is 2.40. The van der Waals surface area contributed by atoms with Gasteiger partial charge in [-0.25, -0.2) is 4.79 Å². The second-order valence-electron chi connectivity index (χ2n) is 5.22. The van der Waals surface area contributed by atoms with E-state index in [1.165, 1.54) is 7.05 Å². The topological polar surface area (TPSA) is 94.4 Å². The van der Waals surface area contributed by atoms with Crippen LogP contribution >= 0.6 is 0 Å². The monoisotopic (exact) mass is 275 g/mol. The van der Waals surface area contributed by atoms with Gasteiger partial charge in [-0.05, 0) is 32.0 Å². The van der Waals surface area contributed by atoms with E-state index in [2.05, 4.69) is 10.6 Å². The Kier molecular flexibility index (Phi) is 3.55.